The van der Waals surface area contributed by atoms with Crippen LogP contribution >= 0.6 is 0 Å². The Morgan fingerprint density at radius 1 is 0.857 bits per heavy atom. The predicted molar refractivity (Wildman–Crippen MR) is 89.5 cm³/mol. The molecule has 0 spiro atoms. The minimum atomic E-state index is 0.0973. The number of hydrogen-bond acceptors (Lipinski definition) is 2. The molecule has 0 fully saturated rings. The molecule has 21 heavy (non-hydrogen) atoms. The third-order valence-corrected chi connectivity index (χ3v) is 3.70. The predicted octanol–water partition coefficient (Wildman–Crippen LogP) is 3.89. The first-order valence-corrected chi connectivity index (χ1v) is 6.83. The maximum absolute atomic E-state index is 7.72. The van der Waals surface area contributed by atoms with E-state index >= 15 is 0 Å². The number of amidine groups is 1. The summed E-state index contributed by atoms with van der Waals surface area (Å²) in [6.45, 7) is 0. The van der Waals surface area contributed by atoms with Crippen molar-refractivity contribution in [1.82, 2.24) is 0 Å². The lowest BCUT2D eigenvalue weighted by atomic mass is 10.0. The molecule has 0 aliphatic rings. The van der Waals surface area contributed by atoms with Crippen molar-refractivity contribution in [3.63, 3.8) is 0 Å². The van der Waals surface area contributed by atoms with Gasteiger partial charge in [-0.2, -0.15) is 0 Å². The number of nitrogens with one attached hydrogen (secondary N) is 1. The molecular formula is C18H17N3. The van der Waals surface area contributed by atoms with Crippen molar-refractivity contribution >= 4 is 28.0 Å². The molecule has 0 atom stereocenters. The quantitative estimate of drug-likeness (QED) is 0.563. The van der Waals surface area contributed by atoms with Gasteiger partial charge in [0, 0.05) is 29.4 Å². The van der Waals surface area contributed by atoms with E-state index in [0.717, 1.165) is 27.7 Å². The molecule has 0 saturated carbocycles. The zero-order valence-electron chi connectivity index (χ0n) is 11.9. The fourth-order valence-electron chi connectivity index (χ4n) is 2.60. The zero-order chi connectivity index (χ0) is 14.8. The summed E-state index contributed by atoms with van der Waals surface area (Å²) < 4.78 is 0. The highest BCUT2D eigenvalue weighted by molar-refractivity contribution is 6.11. The van der Waals surface area contributed by atoms with E-state index in [-0.39, 0.29) is 5.84 Å². The Morgan fingerprint density at radius 3 is 2.14 bits per heavy atom. The molecule has 3 heteroatoms. The number of nitrogens with two attached hydrogens (primary N) is 1. The molecule has 0 aliphatic carbocycles. The third-order valence-electron chi connectivity index (χ3n) is 3.70. The normalized spacial score (nSPS) is 10.5. The summed E-state index contributed by atoms with van der Waals surface area (Å²) in [6, 6.07) is 22.2. The monoisotopic (exact) mass is 275 g/mol. The topological polar surface area (TPSA) is 53.1 Å². The fraction of sp³-hybridized carbons (Fsp3) is 0.0556. The van der Waals surface area contributed by atoms with Gasteiger partial charge in [0.25, 0.3) is 0 Å². The number of anilines is 2. The molecule has 3 N–H and O–H groups in total. The molecule has 0 amide bonds. The minimum Gasteiger partial charge on any atom is -0.384 e. The number of nitrogen functional groups attached to an aromatic ring is 1. The first-order valence-electron chi connectivity index (χ1n) is 6.83. The van der Waals surface area contributed by atoms with E-state index in [0.29, 0.717) is 0 Å². The zero-order valence-corrected chi connectivity index (χ0v) is 11.9. The minimum absolute atomic E-state index is 0.0973. The Balaban J connectivity index is 2.21. The van der Waals surface area contributed by atoms with E-state index in [1.807, 2.05) is 55.6 Å². The van der Waals surface area contributed by atoms with Crippen LogP contribution in [0.3, 0.4) is 0 Å². The third kappa shape index (κ3) is 2.34. The maximum atomic E-state index is 7.72. The van der Waals surface area contributed by atoms with Gasteiger partial charge in [-0.15, -0.1) is 0 Å². The lowest BCUT2D eigenvalue weighted by molar-refractivity contribution is 1.22. The van der Waals surface area contributed by atoms with Crippen LogP contribution in [0.15, 0.2) is 66.7 Å². The molecule has 3 aromatic rings. The van der Waals surface area contributed by atoms with Crippen LogP contribution in [-0.4, -0.2) is 12.9 Å². The maximum Gasteiger partial charge on any atom is 0.123 e. The molecule has 0 aliphatic heterocycles. The summed E-state index contributed by atoms with van der Waals surface area (Å²) >= 11 is 0. The van der Waals surface area contributed by atoms with Gasteiger partial charge in [0.1, 0.15) is 5.84 Å². The van der Waals surface area contributed by atoms with Crippen LogP contribution < -0.4 is 10.6 Å². The largest absolute Gasteiger partial charge is 0.384 e. The molecule has 0 unspecified atom stereocenters. The average Bonchev–Trinajstić information content (AvgIpc) is 2.54. The summed E-state index contributed by atoms with van der Waals surface area (Å²) in [5.41, 5.74) is 8.68. The van der Waals surface area contributed by atoms with Gasteiger partial charge in [-0.05, 0) is 29.7 Å². The molecule has 0 bridgehead atoms. The standard InChI is InChI=1S/C18H17N3/c1-21(13-7-3-2-4-8-13)17-12-11-16(18(19)20)14-9-5-6-10-15(14)17/h2-12H,1H3,(H3,19,20). The van der Waals surface area contributed by atoms with Crippen LogP contribution in [-0.2, 0) is 0 Å². The molecule has 3 nitrogen and oxygen atoms in total. The van der Waals surface area contributed by atoms with Crippen LogP contribution in [0.4, 0.5) is 11.4 Å². The Morgan fingerprint density at radius 2 is 1.48 bits per heavy atom. The van der Waals surface area contributed by atoms with E-state index in [1.165, 1.54) is 0 Å². The van der Waals surface area contributed by atoms with Crippen molar-refractivity contribution in [2.75, 3.05) is 11.9 Å². The molecule has 0 saturated heterocycles. The van der Waals surface area contributed by atoms with Crippen LogP contribution in [0, 0.1) is 5.41 Å². The SMILES string of the molecule is CN(c1ccccc1)c1ccc(C(=N)N)c2ccccc12. The van der Waals surface area contributed by atoms with E-state index < -0.39 is 0 Å². The number of rotatable bonds is 3. The number of fused-ring (bicyclic) bond motifs is 1. The van der Waals surface area contributed by atoms with Crippen LogP contribution in [0.1, 0.15) is 5.56 Å². The molecule has 104 valence electrons. The van der Waals surface area contributed by atoms with Crippen molar-refractivity contribution in [2.24, 2.45) is 5.73 Å². The van der Waals surface area contributed by atoms with Crippen molar-refractivity contribution in [1.29, 1.82) is 5.41 Å². The number of para-hydroxylation sites is 1. The highest BCUT2D eigenvalue weighted by Crippen LogP contribution is 2.32. The van der Waals surface area contributed by atoms with Crippen molar-refractivity contribution < 1.29 is 0 Å². The Labute approximate surface area is 124 Å². The summed E-state index contributed by atoms with van der Waals surface area (Å²) in [5, 5.41) is 9.82. The van der Waals surface area contributed by atoms with E-state index in [2.05, 4.69) is 23.1 Å². The van der Waals surface area contributed by atoms with Gasteiger partial charge in [-0.3, -0.25) is 5.41 Å². The van der Waals surface area contributed by atoms with Gasteiger partial charge in [0.15, 0.2) is 0 Å². The summed E-state index contributed by atoms with van der Waals surface area (Å²) in [5.74, 6) is 0.0973. The first kappa shape index (κ1) is 13.2. The van der Waals surface area contributed by atoms with E-state index in [1.54, 1.807) is 0 Å². The van der Waals surface area contributed by atoms with Crippen LogP contribution in [0.2, 0.25) is 0 Å². The highest BCUT2D eigenvalue weighted by atomic mass is 15.1. The van der Waals surface area contributed by atoms with Gasteiger partial charge >= 0.3 is 0 Å². The van der Waals surface area contributed by atoms with Crippen LogP contribution in [0.5, 0.6) is 0 Å². The molecule has 3 rings (SSSR count). The number of benzene rings is 3. The number of nitrogens with zero attached hydrogens (tertiary/aromatic N) is 1. The molecule has 0 aromatic heterocycles. The second-order valence-electron chi connectivity index (χ2n) is 4.99. The van der Waals surface area contributed by atoms with Gasteiger partial charge < -0.3 is 10.6 Å². The first-order chi connectivity index (χ1) is 10.2. The molecular weight excluding hydrogens is 258 g/mol. The van der Waals surface area contributed by atoms with E-state index in [9.17, 15) is 0 Å². The summed E-state index contributed by atoms with van der Waals surface area (Å²) in [6.07, 6.45) is 0. The number of hydrogen-bond donors (Lipinski definition) is 2. The highest BCUT2D eigenvalue weighted by Gasteiger charge is 2.11. The van der Waals surface area contributed by atoms with Gasteiger partial charge in [0.05, 0.1) is 0 Å². The Hall–Kier alpha value is -2.81. The lowest BCUT2D eigenvalue weighted by Crippen LogP contribution is -2.14. The second-order valence-corrected chi connectivity index (χ2v) is 4.99. The molecule has 0 radical (unpaired) electrons. The van der Waals surface area contributed by atoms with Gasteiger partial charge in [0.2, 0.25) is 0 Å². The summed E-state index contributed by atoms with van der Waals surface area (Å²) in [4.78, 5) is 2.15. The van der Waals surface area contributed by atoms with Gasteiger partial charge in [-0.25, -0.2) is 0 Å². The van der Waals surface area contributed by atoms with E-state index in [4.69, 9.17) is 11.1 Å². The smallest absolute Gasteiger partial charge is 0.123 e. The Bertz CT molecular complexity index is 794. The van der Waals surface area contributed by atoms with Crippen molar-refractivity contribution in [3.8, 4) is 0 Å². The average molecular weight is 275 g/mol. The summed E-state index contributed by atoms with van der Waals surface area (Å²) in [7, 11) is 2.05. The second kappa shape index (κ2) is 5.29. The van der Waals surface area contributed by atoms with Crippen molar-refractivity contribution in [2.45, 2.75) is 0 Å². The molecule has 3 aromatic carbocycles. The molecule has 0 heterocycles. The fourth-order valence-corrected chi connectivity index (χ4v) is 2.60. The van der Waals surface area contributed by atoms with Crippen LogP contribution in [0.25, 0.3) is 10.8 Å². The van der Waals surface area contributed by atoms with Crippen molar-refractivity contribution in [3.05, 3.63) is 72.3 Å². The Kier molecular flexibility index (Phi) is 3.32. The lowest BCUT2D eigenvalue weighted by Gasteiger charge is -2.22. The van der Waals surface area contributed by atoms with Gasteiger partial charge in [-0.1, -0.05) is 42.5 Å².